The Kier molecular flexibility index (Phi) is 5.68. The number of nitrogens with one attached hydrogen (secondary N) is 1. The van der Waals surface area contributed by atoms with E-state index >= 15 is 0 Å². The lowest BCUT2D eigenvalue weighted by molar-refractivity contribution is -0.139. The standard InChI is InChI=1S/C19H26FN3O2/c1-14(21-18(24)15-6-4-7-15)19(25)23-11-9-22(10-12-23)13-16-5-2-3-8-17(16)20/h2-3,5,8,14-15H,4,6-7,9-13H2,1H3,(H,21,24)/t14-/m1/s1. The summed E-state index contributed by atoms with van der Waals surface area (Å²) in [5, 5.41) is 2.84. The minimum atomic E-state index is -0.480. The first kappa shape index (κ1) is 17.9. The molecule has 1 saturated heterocycles. The summed E-state index contributed by atoms with van der Waals surface area (Å²) in [6.07, 6.45) is 2.97. The number of rotatable bonds is 5. The summed E-state index contributed by atoms with van der Waals surface area (Å²) in [7, 11) is 0. The van der Waals surface area contributed by atoms with E-state index in [0.29, 0.717) is 38.3 Å². The molecular formula is C19H26FN3O2. The van der Waals surface area contributed by atoms with Gasteiger partial charge in [-0.2, -0.15) is 0 Å². The minimum Gasteiger partial charge on any atom is -0.344 e. The lowest BCUT2D eigenvalue weighted by atomic mass is 9.84. The molecule has 6 heteroatoms. The average molecular weight is 347 g/mol. The fourth-order valence-electron chi connectivity index (χ4n) is 3.33. The molecule has 2 aliphatic rings. The van der Waals surface area contributed by atoms with Crippen molar-refractivity contribution in [2.24, 2.45) is 5.92 Å². The lowest BCUT2D eigenvalue weighted by Gasteiger charge is -2.36. The van der Waals surface area contributed by atoms with Gasteiger partial charge in [-0.05, 0) is 25.8 Å². The summed E-state index contributed by atoms with van der Waals surface area (Å²) >= 11 is 0. The summed E-state index contributed by atoms with van der Waals surface area (Å²) in [4.78, 5) is 28.4. The molecule has 5 nitrogen and oxygen atoms in total. The van der Waals surface area contributed by atoms with Gasteiger partial charge in [0.25, 0.3) is 0 Å². The largest absolute Gasteiger partial charge is 0.344 e. The topological polar surface area (TPSA) is 52.7 Å². The summed E-state index contributed by atoms with van der Waals surface area (Å²) in [5.74, 6) is -0.121. The van der Waals surface area contributed by atoms with Crippen LogP contribution in [0, 0.1) is 11.7 Å². The Labute approximate surface area is 148 Å². The van der Waals surface area contributed by atoms with Crippen LogP contribution in [0.25, 0.3) is 0 Å². The van der Waals surface area contributed by atoms with Gasteiger partial charge in [0.05, 0.1) is 0 Å². The summed E-state index contributed by atoms with van der Waals surface area (Å²) in [6.45, 7) is 4.95. The van der Waals surface area contributed by atoms with Gasteiger partial charge in [0.2, 0.25) is 11.8 Å². The molecule has 1 heterocycles. The molecule has 1 aromatic rings. The van der Waals surface area contributed by atoms with Crippen molar-refractivity contribution in [3.63, 3.8) is 0 Å². The maximum absolute atomic E-state index is 13.7. The maximum Gasteiger partial charge on any atom is 0.244 e. The highest BCUT2D eigenvalue weighted by Crippen LogP contribution is 2.26. The summed E-state index contributed by atoms with van der Waals surface area (Å²) < 4.78 is 13.7. The predicted octanol–water partition coefficient (Wildman–Crippen LogP) is 1.77. The van der Waals surface area contributed by atoms with Crippen molar-refractivity contribution in [3.05, 3.63) is 35.6 Å². The Balaban J connectivity index is 1.45. The van der Waals surface area contributed by atoms with Gasteiger partial charge in [-0.15, -0.1) is 0 Å². The Morgan fingerprint density at radius 2 is 1.88 bits per heavy atom. The van der Waals surface area contributed by atoms with Crippen molar-refractivity contribution in [2.75, 3.05) is 26.2 Å². The monoisotopic (exact) mass is 347 g/mol. The molecule has 0 unspecified atom stereocenters. The smallest absolute Gasteiger partial charge is 0.244 e. The predicted molar refractivity (Wildman–Crippen MR) is 93.2 cm³/mol. The van der Waals surface area contributed by atoms with Gasteiger partial charge in [0.15, 0.2) is 0 Å². The van der Waals surface area contributed by atoms with Crippen molar-refractivity contribution < 1.29 is 14.0 Å². The SMILES string of the molecule is C[C@@H](NC(=O)C1CCC1)C(=O)N1CCN(Cc2ccccc2F)CC1. The van der Waals surface area contributed by atoms with E-state index in [-0.39, 0.29) is 23.5 Å². The van der Waals surface area contributed by atoms with Crippen LogP contribution in [0.5, 0.6) is 0 Å². The van der Waals surface area contributed by atoms with Crippen LogP contribution in [0.2, 0.25) is 0 Å². The summed E-state index contributed by atoms with van der Waals surface area (Å²) in [6, 6.07) is 6.32. The Bertz CT molecular complexity index is 625. The Hall–Kier alpha value is -1.95. The van der Waals surface area contributed by atoms with Gasteiger partial charge in [-0.25, -0.2) is 4.39 Å². The first-order chi connectivity index (χ1) is 12.0. The van der Waals surface area contributed by atoms with E-state index in [9.17, 15) is 14.0 Å². The molecule has 0 bridgehead atoms. The number of nitrogens with zero attached hydrogens (tertiary/aromatic N) is 2. The zero-order valence-electron chi connectivity index (χ0n) is 14.7. The molecule has 2 amide bonds. The molecule has 3 rings (SSSR count). The number of benzene rings is 1. The number of halogens is 1. The second-order valence-corrected chi connectivity index (χ2v) is 7.05. The molecule has 0 spiro atoms. The van der Waals surface area contributed by atoms with Gasteiger partial charge in [0.1, 0.15) is 11.9 Å². The minimum absolute atomic E-state index is 0.00490. The van der Waals surface area contributed by atoms with Crippen LogP contribution in [0.3, 0.4) is 0 Å². The number of carbonyl (C=O) groups excluding carboxylic acids is 2. The molecule has 1 N–H and O–H groups in total. The first-order valence-electron chi connectivity index (χ1n) is 9.09. The van der Waals surface area contributed by atoms with Crippen LogP contribution in [-0.4, -0.2) is 53.8 Å². The third kappa shape index (κ3) is 4.37. The quantitative estimate of drug-likeness (QED) is 0.883. The number of amides is 2. The summed E-state index contributed by atoms with van der Waals surface area (Å²) in [5.41, 5.74) is 0.684. The normalized spacial score (nSPS) is 20.0. The zero-order valence-corrected chi connectivity index (χ0v) is 14.7. The average Bonchev–Trinajstić information content (AvgIpc) is 2.55. The van der Waals surface area contributed by atoms with Gasteiger partial charge in [-0.1, -0.05) is 24.6 Å². The first-order valence-corrected chi connectivity index (χ1v) is 9.09. The van der Waals surface area contributed by atoms with Crippen LogP contribution < -0.4 is 5.32 Å². The highest BCUT2D eigenvalue weighted by Gasteiger charge is 2.30. The van der Waals surface area contributed by atoms with Crippen molar-refractivity contribution in [3.8, 4) is 0 Å². The van der Waals surface area contributed by atoms with E-state index in [2.05, 4.69) is 10.2 Å². The zero-order chi connectivity index (χ0) is 17.8. The molecule has 1 atom stereocenters. The van der Waals surface area contributed by atoms with E-state index in [1.807, 2.05) is 6.07 Å². The van der Waals surface area contributed by atoms with Crippen molar-refractivity contribution >= 4 is 11.8 Å². The van der Waals surface area contributed by atoms with E-state index in [1.54, 1.807) is 24.0 Å². The van der Waals surface area contributed by atoms with Crippen LogP contribution in [0.15, 0.2) is 24.3 Å². The van der Waals surface area contributed by atoms with Gasteiger partial charge >= 0.3 is 0 Å². The molecule has 2 fully saturated rings. The van der Waals surface area contributed by atoms with Crippen molar-refractivity contribution in [1.29, 1.82) is 0 Å². The number of piperazine rings is 1. The number of hydrogen-bond donors (Lipinski definition) is 1. The van der Waals surface area contributed by atoms with Gasteiger partial charge < -0.3 is 10.2 Å². The molecular weight excluding hydrogens is 321 g/mol. The van der Waals surface area contributed by atoms with Crippen LogP contribution in [-0.2, 0) is 16.1 Å². The van der Waals surface area contributed by atoms with Crippen molar-refractivity contribution in [2.45, 2.75) is 38.8 Å². The lowest BCUT2D eigenvalue weighted by Crippen LogP contribution is -2.54. The van der Waals surface area contributed by atoms with Gasteiger partial charge in [0, 0.05) is 44.2 Å². The van der Waals surface area contributed by atoms with Gasteiger partial charge in [-0.3, -0.25) is 14.5 Å². The molecule has 1 saturated carbocycles. The van der Waals surface area contributed by atoms with E-state index in [1.165, 1.54) is 6.07 Å². The highest BCUT2D eigenvalue weighted by molar-refractivity contribution is 5.88. The molecule has 0 radical (unpaired) electrons. The molecule has 136 valence electrons. The van der Waals surface area contributed by atoms with Crippen LogP contribution in [0.1, 0.15) is 31.7 Å². The molecule has 1 aliphatic carbocycles. The fraction of sp³-hybridized carbons (Fsp3) is 0.579. The third-order valence-electron chi connectivity index (χ3n) is 5.24. The van der Waals surface area contributed by atoms with Crippen molar-refractivity contribution in [1.82, 2.24) is 15.1 Å². The number of hydrogen-bond acceptors (Lipinski definition) is 3. The van der Waals surface area contributed by atoms with E-state index < -0.39 is 6.04 Å². The molecule has 25 heavy (non-hydrogen) atoms. The second-order valence-electron chi connectivity index (χ2n) is 7.05. The third-order valence-corrected chi connectivity index (χ3v) is 5.24. The number of carbonyl (C=O) groups is 2. The second kappa shape index (κ2) is 7.95. The Morgan fingerprint density at radius 3 is 2.48 bits per heavy atom. The van der Waals surface area contributed by atoms with Crippen LogP contribution in [0.4, 0.5) is 4.39 Å². The molecule has 0 aromatic heterocycles. The van der Waals surface area contributed by atoms with E-state index in [4.69, 9.17) is 0 Å². The fourth-order valence-corrected chi connectivity index (χ4v) is 3.33. The van der Waals surface area contributed by atoms with E-state index in [0.717, 1.165) is 19.3 Å². The van der Waals surface area contributed by atoms with Crippen LogP contribution >= 0.6 is 0 Å². The Morgan fingerprint density at radius 1 is 1.20 bits per heavy atom. The highest BCUT2D eigenvalue weighted by atomic mass is 19.1. The molecule has 1 aromatic carbocycles. The maximum atomic E-state index is 13.7. The molecule has 1 aliphatic heterocycles.